The second-order valence-corrected chi connectivity index (χ2v) is 2.78. The molecule has 0 radical (unpaired) electrons. The molecule has 4 heteroatoms. The number of ether oxygens (including phenoxy) is 1. The molecule has 0 aromatic carbocycles. The largest absolute Gasteiger partial charge is 0.380 e. The van der Waals surface area contributed by atoms with E-state index < -0.39 is 0 Å². The van der Waals surface area contributed by atoms with Crippen LogP contribution < -0.4 is 5.32 Å². The third kappa shape index (κ3) is 6.54. The summed E-state index contributed by atoms with van der Waals surface area (Å²) in [6.07, 6.45) is 0. The topological polar surface area (TPSA) is 41.6 Å². The second-order valence-electron chi connectivity index (χ2n) is 2.78. The Morgan fingerprint density at radius 3 is 2.69 bits per heavy atom. The first-order valence-corrected chi connectivity index (χ1v) is 4.74. The summed E-state index contributed by atoms with van der Waals surface area (Å²) in [6.45, 7) is 7.19. The Kier molecular flexibility index (Phi) is 7.63. The normalized spacial score (nSPS) is 10.1. The van der Waals surface area contributed by atoms with Gasteiger partial charge in [-0.1, -0.05) is 0 Å². The van der Waals surface area contributed by atoms with E-state index in [1.165, 1.54) is 0 Å². The molecular formula is C9H20N2O2. The van der Waals surface area contributed by atoms with Crippen LogP contribution in [0.15, 0.2) is 0 Å². The van der Waals surface area contributed by atoms with E-state index in [9.17, 15) is 4.79 Å². The van der Waals surface area contributed by atoms with Crippen LogP contribution in [0.2, 0.25) is 0 Å². The van der Waals surface area contributed by atoms with E-state index in [0.29, 0.717) is 13.2 Å². The molecule has 0 fully saturated rings. The molecule has 1 N–H and O–H groups in total. The van der Waals surface area contributed by atoms with Gasteiger partial charge < -0.3 is 15.0 Å². The summed E-state index contributed by atoms with van der Waals surface area (Å²) in [6, 6.07) is 0. The van der Waals surface area contributed by atoms with Crippen molar-refractivity contribution < 1.29 is 9.53 Å². The molecule has 0 aliphatic carbocycles. The first-order chi connectivity index (χ1) is 6.22. The molecule has 0 atom stereocenters. The molecule has 0 rings (SSSR count). The number of rotatable bonds is 7. The van der Waals surface area contributed by atoms with Gasteiger partial charge in [-0.2, -0.15) is 0 Å². The fourth-order valence-corrected chi connectivity index (χ4v) is 0.795. The predicted octanol–water partition coefficient (Wildman–Crippen LogP) is 0.0908. The van der Waals surface area contributed by atoms with Crippen LogP contribution in [0.5, 0.6) is 0 Å². The standard InChI is InChI=1S/C9H20N2O2/c1-4-11(3)9(12)8-10-6-7-13-5-2/h10H,4-8H2,1-3H3. The molecule has 0 unspecified atom stereocenters. The molecule has 0 heterocycles. The van der Waals surface area contributed by atoms with Gasteiger partial charge in [0.25, 0.3) is 0 Å². The zero-order chi connectivity index (χ0) is 10.1. The second kappa shape index (κ2) is 8.01. The van der Waals surface area contributed by atoms with E-state index in [4.69, 9.17) is 4.74 Å². The Balaban J connectivity index is 3.27. The molecule has 0 saturated heterocycles. The lowest BCUT2D eigenvalue weighted by Gasteiger charge is -2.14. The summed E-state index contributed by atoms with van der Waals surface area (Å²) in [5.74, 6) is 0.124. The van der Waals surface area contributed by atoms with Crippen molar-refractivity contribution in [3.63, 3.8) is 0 Å². The van der Waals surface area contributed by atoms with Crippen LogP contribution in [-0.4, -0.2) is 50.7 Å². The van der Waals surface area contributed by atoms with Crippen molar-refractivity contribution in [2.45, 2.75) is 13.8 Å². The Bertz CT molecular complexity index is 140. The molecule has 1 amide bonds. The molecule has 0 bridgehead atoms. The van der Waals surface area contributed by atoms with E-state index in [1.807, 2.05) is 13.8 Å². The third-order valence-electron chi connectivity index (χ3n) is 1.80. The van der Waals surface area contributed by atoms with Crippen molar-refractivity contribution >= 4 is 5.91 Å². The van der Waals surface area contributed by atoms with Gasteiger partial charge in [0.15, 0.2) is 0 Å². The van der Waals surface area contributed by atoms with Gasteiger partial charge in [0.1, 0.15) is 0 Å². The summed E-state index contributed by atoms with van der Waals surface area (Å²) in [5.41, 5.74) is 0. The van der Waals surface area contributed by atoms with Crippen LogP contribution in [0.25, 0.3) is 0 Å². The minimum absolute atomic E-state index is 0.124. The highest BCUT2D eigenvalue weighted by Gasteiger charge is 2.04. The van der Waals surface area contributed by atoms with Crippen molar-refractivity contribution in [3.05, 3.63) is 0 Å². The van der Waals surface area contributed by atoms with Crippen molar-refractivity contribution in [2.75, 3.05) is 39.9 Å². The summed E-state index contributed by atoms with van der Waals surface area (Å²) >= 11 is 0. The lowest BCUT2D eigenvalue weighted by molar-refractivity contribution is -0.128. The van der Waals surface area contributed by atoms with E-state index >= 15 is 0 Å². The lowest BCUT2D eigenvalue weighted by atomic mass is 10.5. The van der Waals surface area contributed by atoms with Crippen LogP contribution in [0.4, 0.5) is 0 Å². The monoisotopic (exact) mass is 188 g/mol. The predicted molar refractivity (Wildman–Crippen MR) is 52.7 cm³/mol. The number of nitrogens with zero attached hydrogens (tertiary/aromatic N) is 1. The maximum absolute atomic E-state index is 11.2. The number of hydrogen-bond donors (Lipinski definition) is 1. The number of nitrogens with one attached hydrogen (secondary N) is 1. The van der Waals surface area contributed by atoms with Crippen LogP contribution >= 0.6 is 0 Å². The first-order valence-electron chi connectivity index (χ1n) is 4.74. The zero-order valence-corrected chi connectivity index (χ0v) is 8.80. The highest BCUT2D eigenvalue weighted by molar-refractivity contribution is 5.77. The van der Waals surface area contributed by atoms with Gasteiger partial charge in [0, 0.05) is 26.7 Å². The Morgan fingerprint density at radius 2 is 2.15 bits per heavy atom. The maximum atomic E-state index is 11.2. The summed E-state index contributed by atoms with van der Waals surface area (Å²) in [5, 5.41) is 3.02. The van der Waals surface area contributed by atoms with Gasteiger partial charge in [-0.05, 0) is 13.8 Å². The molecule has 4 nitrogen and oxygen atoms in total. The minimum Gasteiger partial charge on any atom is -0.380 e. The Labute approximate surface area is 80.2 Å². The zero-order valence-electron chi connectivity index (χ0n) is 8.80. The maximum Gasteiger partial charge on any atom is 0.236 e. The Hall–Kier alpha value is -0.610. The van der Waals surface area contributed by atoms with Crippen molar-refractivity contribution in [1.82, 2.24) is 10.2 Å². The minimum atomic E-state index is 0.124. The van der Waals surface area contributed by atoms with Crippen LogP contribution in [0, 0.1) is 0 Å². The number of hydrogen-bond acceptors (Lipinski definition) is 3. The van der Waals surface area contributed by atoms with Crippen LogP contribution in [0.1, 0.15) is 13.8 Å². The first kappa shape index (κ1) is 12.4. The average Bonchev–Trinajstić information content (AvgIpc) is 2.16. The van der Waals surface area contributed by atoms with Crippen LogP contribution in [0.3, 0.4) is 0 Å². The number of carbonyl (C=O) groups is 1. The van der Waals surface area contributed by atoms with E-state index in [-0.39, 0.29) is 5.91 Å². The van der Waals surface area contributed by atoms with Gasteiger partial charge in [-0.25, -0.2) is 0 Å². The van der Waals surface area contributed by atoms with E-state index in [1.54, 1.807) is 11.9 Å². The van der Waals surface area contributed by atoms with Gasteiger partial charge in [0.2, 0.25) is 5.91 Å². The molecule has 0 aliphatic heterocycles. The Morgan fingerprint density at radius 1 is 1.46 bits per heavy atom. The molecule has 0 spiro atoms. The van der Waals surface area contributed by atoms with E-state index in [0.717, 1.165) is 19.7 Å². The molecule has 0 aromatic heterocycles. The van der Waals surface area contributed by atoms with Crippen molar-refractivity contribution in [3.8, 4) is 0 Å². The molecule has 0 aliphatic rings. The van der Waals surface area contributed by atoms with Gasteiger partial charge in [-0.3, -0.25) is 4.79 Å². The van der Waals surface area contributed by atoms with E-state index in [2.05, 4.69) is 5.32 Å². The summed E-state index contributed by atoms with van der Waals surface area (Å²) < 4.78 is 5.11. The van der Waals surface area contributed by atoms with Gasteiger partial charge in [0.05, 0.1) is 13.2 Å². The molecule has 78 valence electrons. The SMILES string of the molecule is CCOCCNCC(=O)N(C)CC. The molecule has 13 heavy (non-hydrogen) atoms. The number of carbonyl (C=O) groups excluding carboxylic acids is 1. The number of amides is 1. The van der Waals surface area contributed by atoms with Crippen molar-refractivity contribution in [2.24, 2.45) is 0 Å². The third-order valence-corrected chi connectivity index (χ3v) is 1.80. The molecular weight excluding hydrogens is 168 g/mol. The highest BCUT2D eigenvalue weighted by Crippen LogP contribution is 1.81. The number of likely N-dealkylation sites (N-methyl/N-ethyl adjacent to an activating group) is 1. The van der Waals surface area contributed by atoms with Gasteiger partial charge in [-0.15, -0.1) is 0 Å². The lowest BCUT2D eigenvalue weighted by Crippen LogP contribution is -2.36. The van der Waals surface area contributed by atoms with Gasteiger partial charge >= 0.3 is 0 Å². The summed E-state index contributed by atoms with van der Waals surface area (Å²) in [4.78, 5) is 12.9. The molecule has 0 aromatic rings. The summed E-state index contributed by atoms with van der Waals surface area (Å²) in [7, 11) is 1.80. The average molecular weight is 188 g/mol. The quantitative estimate of drug-likeness (QED) is 0.576. The van der Waals surface area contributed by atoms with Crippen LogP contribution in [-0.2, 0) is 9.53 Å². The van der Waals surface area contributed by atoms with Crippen molar-refractivity contribution in [1.29, 1.82) is 0 Å². The fourth-order valence-electron chi connectivity index (χ4n) is 0.795. The smallest absolute Gasteiger partial charge is 0.236 e. The fraction of sp³-hybridized carbons (Fsp3) is 0.889. The highest BCUT2D eigenvalue weighted by atomic mass is 16.5. The molecule has 0 saturated carbocycles.